The molecule has 0 saturated heterocycles. The normalized spacial score (nSPS) is 11.0. The van der Waals surface area contributed by atoms with Crippen molar-refractivity contribution >= 4 is 44.0 Å². The first-order chi connectivity index (χ1) is 10.8. The number of thiazole rings is 1. The summed E-state index contributed by atoms with van der Waals surface area (Å²) in [5.74, 6) is -0.322. The topological polar surface area (TPSA) is 88.2 Å². The predicted molar refractivity (Wildman–Crippen MR) is 91.6 cm³/mol. The molecule has 0 atom stereocenters. The van der Waals surface area contributed by atoms with Crippen molar-refractivity contribution in [1.82, 2.24) is 10.3 Å². The van der Waals surface area contributed by atoms with Crippen LogP contribution in [0.25, 0.3) is 0 Å². The number of amides is 1. The molecule has 0 spiro atoms. The highest BCUT2D eigenvalue weighted by Gasteiger charge is 2.20. The molecule has 9 heteroatoms. The highest BCUT2D eigenvalue weighted by Crippen LogP contribution is 2.25. The number of rotatable bonds is 6. The van der Waals surface area contributed by atoms with Crippen LogP contribution in [-0.2, 0) is 10.0 Å². The monoisotopic (exact) mass is 371 g/mol. The molecule has 1 aromatic carbocycles. The Labute approximate surface area is 143 Å². The minimum atomic E-state index is -3.78. The van der Waals surface area contributed by atoms with E-state index in [2.05, 4.69) is 21.6 Å². The second-order valence-corrected chi connectivity index (χ2v) is 7.61. The van der Waals surface area contributed by atoms with Crippen LogP contribution in [0.3, 0.4) is 0 Å². The maximum absolute atomic E-state index is 12.3. The Balaban J connectivity index is 2.21. The van der Waals surface area contributed by atoms with E-state index in [4.69, 9.17) is 11.6 Å². The van der Waals surface area contributed by atoms with E-state index in [1.54, 1.807) is 13.0 Å². The highest BCUT2D eigenvalue weighted by molar-refractivity contribution is 7.93. The van der Waals surface area contributed by atoms with Crippen molar-refractivity contribution < 1.29 is 13.2 Å². The van der Waals surface area contributed by atoms with Gasteiger partial charge in [-0.05, 0) is 31.2 Å². The summed E-state index contributed by atoms with van der Waals surface area (Å²) in [5, 5.41) is 3.19. The number of nitrogens with zero attached hydrogens (tertiary/aromatic N) is 1. The average Bonchev–Trinajstić information content (AvgIpc) is 2.85. The van der Waals surface area contributed by atoms with Gasteiger partial charge in [0.2, 0.25) is 0 Å². The van der Waals surface area contributed by atoms with E-state index in [1.165, 1.54) is 24.3 Å². The van der Waals surface area contributed by atoms with Gasteiger partial charge in [0, 0.05) is 11.6 Å². The fraction of sp³-hybridized carbons (Fsp3) is 0.143. The Kier molecular flexibility index (Phi) is 5.40. The number of aryl methyl sites for hydroxylation is 1. The largest absolute Gasteiger partial charge is 0.348 e. The first-order valence-corrected chi connectivity index (χ1v) is 9.16. The van der Waals surface area contributed by atoms with Gasteiger partial charge in [0.1, 0.15) is 4.88 Å². The Bertz CT molecular complexity index is 829. The number of hydrogen-bond acceptors (Lipinski definition) is 5. The third kappa shape index (κ3) is 4.31. The van der Waals surface area contributed by atoms with E-state index in [-0.39, 0.29) is 15.9 Å². The van der Waals surface area contributed by atoms with Gasteiger partial charge >= 0.3 is 0 Å². The molecule has 1 heterocycles. The van der Waals surface area contributed by atoms with Gasteiger partial charge in [0.15, 0.2) is 5.13 Å². The highest BCUT2D eigenvalue weighted by atomic mass is 35.5. The van der Waals surface area contributed by atoms with Gasteiger partial charge in [-0.2, -0.15) is 0 Å². The molecule has 0 aliphatic carbocycles. The van der Waals surface area contributed by atoms with E-state index >= 15 is 0 Å². The second kappa shape index (κ2) is 7.12. The van der Waals surface area contributed by atoms with Gasteiger partial charge in [-0.3, -0.25) is 9.52 Å². The SMILES string of the molecule is C=CCNC(=O)c1sc(NS(=O)(=O)c2ccc(Cl)cc2)nc1C. The van der Waals surface area contributed by atoms with Gasteiger partial charge < -0.3 is 5.32 Å². The summed E-state index contributed by atoms with van der Waals surface area (Å²) in [6.07, 6.45) is 1.55. The van der Waals surface area contributed by atoms with Crippen LogP contribution in [0.4, 0.5) is 5.13 Å². The summed E-state index contributed by atoms with van der Waals surface area (Å²) in [6, 6.07) is 5.75. The van der Waals surface area contributed by atoms with Crippen molar-refractivity contribution in [3.8, 4) is 0 Å². The van der Waals surface area contributed by atoms with E-state index < -0.39 is 10.0 Å². The third-order valence-corrected chi connectivity index (χ3v) is 5.56. The van der Waals surface area contributed by atoms with E-state index in [0.717, 1.165) is 11.3 Å². The summed E-state index contributed by atoms with van der Waals surface area (Å²) in [4.78, 5) is 16.4. The molecule has 1 amide bonds. The lowest BCUT2D eigenvalue weighted by Crippen LogP contribution is -2.22. The summed E-state index contributed by atoms with van der Waals surface area (Å²) < 4.78 is 26.9. The van der Waals surface area contributed by atoms with Crippen LogP contribution < -0.4 is 10.0 Å². The standard InChI is InChI=1S/C14H14ClN3O3S2/c1-3-8-16-13(19)12-9(2)17-14(22-12)18-23(20,21)11-6-4-10(15)5-7-11/h3-7H,1,8H2,2H3,(H,16,19)(H,17,18). The maximum atomic E-state index is 12.3. The number of halogens is 1. The summed E-state index contributed by atoms with van der Waals surface area (Å²) in [5.41, 5.74) is 0.449. The summed E-state index contributed by atoms with van der Waals surface area (Å²) in [6.45, 7) is 5.47. The molecule has 2 N–H and O–H groups in total. The van der Waals surface area contributed by atoms with E-state index in [1.807, 2.05) is 0 Å². The zero-order chi connectivity index (χ0) is 17.0. The molecular formula is C14H14ClN3O3S2. The molecule has 0 aliphatic rings. The van der Waals surface area contributed by atoms with Crippen molar-refractivity contribution in [3.05, 3.63) is 52.5 Å². The zero-order valence-corrected chi connectivity index (χ0v) is 14.6. The van der Waals surface area contributed by atoms with Crippen LogP contribution in [0.2, 0.25) is 5.02 Å². The molecule has 0 saturated carbocycles. The van der Waals surface area contributed by atoms with Crippen molar-refractivity contribution in [1.29, 1.82) is 0 Å². The molecule has 122 valence electrons. The fourth-order valence-electron chi connectivity index (χ4n) is 1.68. The van der Waals surface area contributed by atoms with Crippen LogP contribution >= 0.6 is 22.9 Å². The first-order valence-electron chi connectivity index (χ1n) is 6.48. The Morgan fingerprint density at radius 3 is 2.65 bits per heavy atom. The number of carbonyl (C=O) groups is 1. The van der Waals surface area contributed by atoms with E-state index in [0.29, 0.717) is 22.1 Å². The number of hydrogen-bond donors (Lipinski definition) is 2. The second-order valence-electron chi connectivity index (χ2n) is 4.49. The van der Waals surface area contributed by atoms with Crippen molar-refractivity contribution in [3.63, 3.8) is 0 Å². The molecule has 6 nitrogen and oxygen atoms in total. The molecule has 0 bridgehead atoms. The Hall–Kier alpha value is -1.90. The number of anilines is 1. The molecule has 23 heavy (non-hydrogen) atoms. The first kappa shape index (κ1) is 17.5. The minimum absolute atomic E-state index is 0.0624. The predicted octanol–water partition coefficient (Wildman–Crippen LogP) is 2.82. The number of nitrogens with one attached hydrogen (secondary N) is 2. The van der Waals surface area contributed by atoms with Gasteiger partial charge in [0.05, 0.1) is 10.6 Å². The van der Waals surface area contributed by atoms with Gasteiger partial charge in [0.25, 0.3) is 15.9 Å². The molecule has 0 unspecified atom stereocenters. The van der Waals surface area contributed by atoms with Crippen LogP contribution in [0.1, 0.15) is 15.4 Å². The summed E-state index contributed by atoms with van der Waals surface area (Å²) in [7, 11) is -3.78. The Morgan fingerprint density at radius 1 is 1.39 bits per heavy atom. The third-order valence-electron chi connectivity index (χ3n) is 2.76. The maximum Gasteiger partial charge on any atom is 0.263 e. The van der Waals surface area contributed by atoms with Crippen LogP contribution in [0.5, 0.6) is 0 Å². The lowest BCUT2D eigenvalue weighted by molar-refractivity contribution is 0.0961. The lowest BCUT2D eigenvalue weighted by atomic mass is 10.4. The quantitative estimate of drug-likeness (QED) is 0.764. The van der Waals surface area contributed by atoms with Crippen LogP contribution in [0, 0.1) is 6.92 Å². The Morgan fingerprint density at radius 2 is 2.04 bits per heavy atom. The zero-order valence-electron chi connectivity index (χ0n) is 12.2. The van der Waals surface area contributed by atoms with Crippen molar-refractivity contribution in [2.75, 3.05) is 11.3 Å². The lowest BCUT2D eigenvalue weighted by Gasteiger charge is -2.04. The van der Waals surface area contributed by atoms with Gasteiger partial charge in [-0.15, -0.1) is 6.58 Å². The minimum Gasteiger partial charge on any atom is -0.348 e. The van der Waals surface area contributed by atoms with Crippen molar-refractivity contribution in [2.45, 2.75) is 11.8 Å². The molecule has 1 aromatic heterocycles. The van der Waals surface area contributed by atoms with Gasteiger partial charge in [-0.25, -0.2) is 13.4 Å². The average molecular weight is 372 g/mol. The number of carbonyl (C=O) groups excluding carboxylic acids is 1. The molecule has 0 fully saturated rings. The van der Waals surface area contributed by atoms with Crippen molar-refractivity contribution in [2.24, 2.45) is 0 Å². The number of aromatic nitrogens is 1. The molecule has 2 rings (SSSR count). The number of benzene rings is 1. The summed E-state index contributed by atoms with van der Waals surface area (Å²) >= 11 is 6.71. The molecular weight excluding hydrogens is 358 g/mol. The molecule has 0 aliphatic heterocycles. The molecule has 0 radical (unpaired) electrons. The van der Waals surface area contributed by atoms with Gasteiger partial charge in [-0.1, -0.05) is 29.0 Å². The fourth-order valence-corrected chi connectivity index (χ4v) is 3.93. The van der Waals surface area contributed by atoms with Crippen LogP contribution in [0.15, 0.2) is 41.8 Å². The molecule has 2 aromatic rings. The smallest absolute Gasteiger partial charge is 0.263 e. The van der Waals surface area contributed by atoms with Crippen LogP contribution in [-0.4, -0.2) is 25.9 Å². The van der Waals surface area contributed by atoms with E-state index in [9.17, 15) is 13.2 Å². The number of sulfonamides is 1.